The van der Waals surface area contributed by atoms with E-state index < -0.39 is 39.0 Å². The van der Waals surface area contributed by atoms with E-state index in [4.69, 9.17) is 4.74 Å². The molecule has 0 aromatic heterocycles. The lowest BCUT2D eigenvalue weighted by Crippen LogP contribution is -2.61. The first kappa shape index (κ1) is 30.7. The van der Waals surface area contributed by atoms with E-state index in [9.17, 15) is 19.5 Å². The number of thioether (sulfide) groups is 1. The molecule has 3 rings (SSSR count). The van der Waals surface area contributed by atoms with Crippen LogP contribution in [0.2, 0.25) is 0 Å². The fourth-order valence-corrected chi connectivity index (χ4v) is 9.12. The van der Waals surface area contributed by atoms with Gasteiger partial charge in [-0.3, -0.25) is 14.4 Å². The van der Waals surface area contributed by atoms with E-state index in [1.807, 2.05) is 40.7 Å². The fraction of sp³-hybridized carbons (Fsp3) is 0.767. The molecular weight excluding hydrogens is 500 g/mol. The highest BCUT2D eigenvalue weighted by Gasteiger charge is 2.78. The summed E-state index contributed by atoms with van der Waals surface area (Å²) in [6, 6.07) is -1.27. The Kier molecular flexibility index (Phi) is 9.50. The topological polar surface area (TPSA) is 87.1 Å². The van der Waals surface area contributed by atoms with Gasteiger partial charge in [-0.05, 0) is 65.7 Å². The Hall–Kier alpha value is -1.80. The number of amides is 2. The van der Waals surface area contributed by atoms with Crippen LogP contribution in [0.5, 0.6) is 0 Å². The minimum absolute atomic E-state index is 0.00924. The normalized spacial score (nSPS) is 31.6. The molecule has 1 spiro atoms. The van der Waals surface area contributed by atoms with Gasteiger partial charge in [0.15, 0.2) is 0 Å². The van der Waals surface area contributed by atoms with Crippen LogP contribution in [0.15, 0.2) is 25.3 Å². The van der Waals surface area contributed by atoms with E-state index in [-0.39, 0.29) is 30.3 Å². The Morgan fingerprint density at radius 2 is 1.95 bits per heavy atom. The summed E-state index contributed by atoms with van der Waals surface area (Å²) in [5.74, 6) is -1.94. The molecule has 7 atom stereocenters. The van der Waals surface area contributed by atoms with Crippen molar-refractivity contribution in [3.63, 3.8) is 0 Å². The molecule has 1 N–H and O–H groups in total. The number of aliphatic hydroxyl groups excluding tert-OH is 1. The average Bonchev–Trinajstić information content (AvgIpc) is 3.42. The number of ether oxygens (including phenoxy) is 1. The van der Waals surface area contributed by atoms with Gasteiger partial charge in [0.25, 0.3) is 0 Å². The van der Waals surface area contributed by atoms with Gasteiger partial charge >= 0.3 is 5.97 Å². The first-order valence-electron chi connectivity index (χ1n) is 14.2. The number of nitrogens with zero attached hydrogens (tertiary/aromatic N) is 2. The number of carbonyl (C=O) groups excluding carboxylic acids is 3. The summed E-state index contributed by atoms with van der Waals surface area (Å²) in [6.07, 6.45) is 8.23. The van der Waals surface area contributed by atoms with Gasteiger partial charge in [0.05, 0.1) is 35.8 Å². The van der Waals surface area contributed by atoms with Gasteiger partial charge in [0.2, 0.25) is 11.8 Å². The molecule has 8 heteroatoms. The van der Waals surface area contributed by atoms with Crippen LogP contribution in [-0.2, 0) is 19.1 Å². The number of esters is 1. The molecule has 3 saturated heterocycles. The van der Waals surface area contributed by atoms with Crippen molar-refractivity contribution in [2.75, 3.05) is 19.8 Å². The molecule has 7 nitrogen and oxygen atoms in total. The Labute approximate surface area is 233 Å². The summed E-state index contributed by atoms with van der Waals surface area (Å²) in [5, 5.41) is 10.5. The molecule has 0 radical (unpaired) electrons. The first-order chi connectivity index (χ1) is 17.8. The highest BCUT2D eigenvalue weighted by Crippen LogP contribution is 2.72. The number of rotatable bonds is 13. The lowest BCUT2D eigenvalue weighted by atomic mass is 9.66. The predicted octanol–water partition coefficient (Wildman–Crippen LogP) is 4.59. The van der Waals surface area contributed by atoms with Crippen LogP contribution in [0.1, 0.15) is 80.1 Å². The SMILES string of the molecule is C=CCCCCOC(=O)[C@H]1[C@H]2C(=O)N([C@@H](CO)[C@@H](C)CC)C(C(=O)N(CC=C)C(C)(C)C)C23CC[C@]1(C)S3. The van der Waals surface area contributed by atoms with E-state index in [1.165, 1.54) is 0 Å². The lowest BCUT2D eigenvalue weighted by Gasteiger charge is -2.44. The first-order valence-corrected chi connectivity index (χ1v) is 15.0. The van der Waals surface area contributed by atoms with E-state index >= 15 is 0 Å². The van der Waals surface area contributed by atoms with Crippen molar-refractivity contribution >= 4 is 29.5 Å². The number of carbonyl (C=O) groups is 3. The van der Waals surface area contributed by atoms with Crippen molar-refractivity contribution in [1.29, 1.82) is 0 Å². The van der Waals surface area contributed by atoms with Gasteiger partial charge in [-0.15, -0.1) is 24.9 Å². The number of hydrogen-bond donors (Lipinski definition) is 1. The van der Waals surface area contributed by atoms with Gasteiger partial charge in [-0.2, -0.15) is 0 Å². The van der Waals surface area contributed by atoms with Crippen LogP contribution >= 0.6 is 11.8 Å². The second-order valence-corrected chi connectivity index (χ2v) is 14.4. The molecular formula is C30H48N2O5S. The van der Waals surface area contributed by atoms with Crippen LogP contribution < -0.4 is 0 Å². The molecule has 0 aromatic rings. The van der Waals surface area contributed by atoms with Crippen LogP contribution in [0.25, 0.3) is 0 Å². The van der Waals surface area contributed by atoms with E-state index in [0.29, 0.717) is 19.6 Å². The summed E-state index contributed by atoms with van der Waals surface area (Å²) < 4.78 is 4.55. The molecule has 3 fully saturated rings. The third-order valence-electron chi connectivity index (χ3n) is 8.98. The molecule has 0 saturated carbocycles. The molecule has 214 valence electrons. The maximum Gasteiger partial charge on any atom is 0.311 e. The highest BCUT2D eigenvalue weighted by atomic mass is 32.2. The minimum Gasteiger partial charge on any atom is -0.465 e. The molecule has 2 unspecified atom stereocenters. The van der Waals surface area contributed by atoms with Gasteiger partial charge in [-0.25, -0.2) is 0 Å². The summed E-state index contributed by atoms with van der Waals surface area (Å²) in [4.78, 5) is 46.0. The number of allylic oxidation sites excluding steroid dienone is 1. The highest BCUT2D eigenvalue weighted by molar-refractivity contribution is 8.02. The van der Waals surface area contributed by atoms with Gasteiger partial charge in [0, 0.05) is 16.8 Å². The Balaban J connectivity index is 2.07. The molecule has 0 aliphatic carbocycles. The van der Waals surface area contributed by atoms with E-state index in [0.717, 1.165) is 32.1 Å². The molecule has 3 aliphatic heterocycles. The second-order valence-electron chi connectivity index (χ2n) is 12.5. The summed E-state index contributed by atoms with van der Waals surface area (Å²) >= 11 is 1.64. The largest absolute Gasteiger partial charge is 0.465 e. The zero-order chi connectivity index (χ0) is 28.5. The molecule has 3 heterocycles. The van der Waals surface area contributed by atoms with Crippen molar-refractivity contribution < 1.29 is 24.2 Å². The Bertz CT molecular complexity index is 932. The molecule has 2 amide bonds. The number of aliphatic hydroxyl groups is 1. The van der Waals surface area contributed by atoms with E-state index in [1.54, 1.807) is 27.6 Å². The number of likely N-dealkylation sites (tertiary alicyclic amines) is 1. The summed E-state index contributed by atoms with van der Waals surface area (Å²) in [7, 11) is 0. The average molecular weight is 549 g/mol. The smallest absolute Gasteiger partial charge is 0.311 e. The van der Waals surface area contributed by atoms with Gasteiger partial charge < -0.3 is 19.6 Å². The zero-order valence-corrected chi connectivity index (χ0v) is 25.0. The fourth-order valence-electron chi connectivity index (χ4n) is 6.80. The van der Waals surface area contributed by atoms with Crippen LogP contribution in [0.3, 0.4) is 0 Å². The van der Waals surface area contributed by atoms with Crippen molar-refractivity contribution in [3.8, 4) is 0 Å². The quantitative estimate of drug-likeness (QED) is 0.206. The predicted molar refractivity (Wildman–Crippen MR) is 153 cm³/mol. The van der Waals surface area contributed by atoms with Crippen molar-refractivity contribution in [1.82, 2.24) is 9.80 Å². The van der Waals surface area contributed by atoms with Crippen LogP contribution in [0.4, 0.5) is 0 Å². The minimum atomic E-state index is -0.762. The number of unbranched alkanes of at least 4 members (excludes halogenated alkanes) is 2. The standard InChI is InChI=1S/C30H48N2O5S/c1-9-12-13-14-18-37-27(36)23-22-25(34)32(21(19-33)20(4)11-3)24(30(22)16-15-29(23,8)38-30)26(35)31(17-10-2)28(5,6)7/h9-10,20-24,33H,1-2,11-19H2,3-8H3/t20-,21-,22-,23+,24?,29-,30?/m0/s1. The molecule has 38 heavy (non-hydrogen) atoms. The summed E-state index contributed by atoms with van der Waals surface area (Å²) in [5.41, 5.74) is -0.491. The van der Waals surface area contributed by atoms with Crippen molar-refractivity contribution in [2.45, 2.75) is 107 Å². The molecule has 3 aliphatic rings. The third kappa shape index (κ3) is 5.19. The number of fused-ring (bicyclic) bond motifs is 1. The maximum atomic E-state index is 14.5. The van der Waals surface area contributed by atoms with Gasteiger partial charge in [-0.1, -0.05) is 32.4 Å². The zero-order valence-electron chi connectivity index (χ0n) is 24.2. The Morgan fingerprint density at radius 3 is 2.50 bits per heavy atom. The second kappa shape index (κ2) is 11.7. The Morgan fingerprint density at radius 1 is 1.26 bits per heavy atom. The lowest BCUT2D eigenvalue weighted by molar-refractivity contribution is -0.156. The van der Waals surface area contributed by atoms with E-state index in [2.05, 4.69) is 20.1 Å². The third-order valence-corrected chi connectivity index (χ3v) is 11.0. The van der Waals surface area contributed by atoms with Crippen molar-refractivity contribution in [3.05, 3.63) is 25.3 Å². The van der Waals surface area contributed by atoms with Crippen LogP contribution in [-0.4, -0.2) is 79.6 Å². The van der Waals surface area contributed by atoms with Gasteiger partial charge in [0.1, 0.15) is 6.04 Å². The number of hydrogen-bond acceptors (Lipinski definition) is 6. The van der Waals surface area contributed by atoms with Crippen molar-refractivity contribution in [2.24, 2.45) is 17.8 Å². The maximum absolute atomic E-state index is 14.5. The molecule has 2 bridgehead atoms. The van der Waals surface area contributed by atoms with Crippen LogP contribution in [0, 0.1) is 17.8 Å². The summed E-state index contributed by atoms with van der Waals surface area (Å²) in [6.45, 7) is 20.1. The molecule has 0 aromatic carbocycles. The monoisotopic (exact) mass is 548 g/mol.